The zero-order valence-corrected chi connectivity index (χ0v) is 16.3. The lowest BCUT2D eigenvalue weighted by molar-refractivity contribution is -0.116. The van der Waals surface area contributed by atoms with Crippen LogP contribution in [-0.4, -0.2) is 28.6 Å². The Morgan fingerprint density at radius 3 is 2.59 bits per heavy atom. The summed E-state index contributed by atoms with van der Waals surface area (Å²) in [6.45, 7) is 0.607. The second-order valence-electron chi connectivity index (χ2n) is 5.87. The minimum atomic E-state index is -0.0637. The highest BCUT2D eigenvalue weighted by molar-refractivity contribution is 7.23. The topological polar surface area (TPSA) is 84.0 Å². The van der Waals surface area contributed by atoms with E-state index >= 15 is 0 Å². The summed E-state index contributed by atoms with van der Waals surface area (Å²) in [6.07, 6.45) is 2.91. The lowest BCUT2D eigenvalue weighted by Gasteiger charge is -2.05. The van der Waals surface area contributed by atoms with Crippen LogP contribution in [0, 0.1) is 0 Å². The molecule has 0 saturated carbocycles. The Hall–Kier alpha value is -2.58. The standard InChI is InChI=1S/C19H20N4O2S2/c24-16(21-19-23-22-18(27-19)15-10-7-13-26-15)11-5-2-6-12-20-17(25)14-8-3-1-4-9-14/h1,3-4,7-10,13H,2,5-6,11-12H2,(H,20,25)(H,21,23,24). The largest absolute Gasteiger partial charge is 0.352 e. The summed E-state index contributed by atoms with van der Waals surface area (Å²) in [5.74, 6) is -0.122. The van der Waals surface area contributed by atoms with Crippen molar-refractivity contribution in [2.75, 3.05) is 11.9 Å². The maximum absolute atomic E-state index is 12.0. The van der Waals surface area contributed by atoms with Gasteiger partial charge in [-0.3, -0.25) is 9.59 Å². The van der Waals surface area contributed by atoms with Crippen LogP contribution in [0.4, 0.5) is 5.13 Å². The van der Waals surface area contributed by atoms with Crippen LogP contribution < -0.4 is 10.6 Å². The molecule has 2 N–H and O–H groups in total. The number of hydrogen-bond donors (Lipinski definition) is 2. The van der Waals surface area contributed by atoms with Crippen molar-refractivity contribution < 1.29 is 9.59 Å². The van der Waals surface area contributed by atoms with E-state index in [1.807, 2.05) is 35.7 Å². The average molecular weight is 401 g/mol. The summed E-state index contributed by atoms with van der Waals surface area (Å²) < 4.78 is 0. The molecule has 0 aliphatic heterocycles. The van der Waals surface area contributed by atoms with Gasteiger partial charge in [0.25, 0.3) is 5.91 Å². The number of nitrogens with one attached hydrogen (secondary N) is 2. The fourth-order valence-electron chi connectivity index (χ4n) is 2.44. The fourth-order valence-corrected chi connectivity index (χ4v) is 3.99. The van der Waals surface area contributed by atoms with E-state index in [1.54, 1.807) is 23.5 Å². The normalized spacial score (nSPS) is 10.5. The first-order chi connectivity index (χ1) is 13.2. The van der Waals surface area contributed by atoms with Gasteiger partial charge >= 0.3 is 0 Å². The minimum absolute atomic E-state index is 0.0581. The quantitative estimate of drug-likeness (QED) is 0.527. The molecule has 0 bridgehead atoms. The third-order valence-electron chi connectivity index (χ3n) is 3.81. The van der Waals surface area contributed by atoms with Gasteiger partial charge in [-0.1, -0.05) is 42.0 Å². The number of anilines is 1. The van der Waals surface area contributed by atoms with Gasteiger partial charge in [-0.2, -0.15) is 0 Å². The Morgan fingerprint density at radius 2 is 1.81 bits per heavy atom. The maximum atomic E-state index is 12.0. The van der Waals surface area contributed by atoms with Crippen molar-refractivity contribution in [3.8, 4) is 9.88 Å². The molecule has 0 aliphatic carbocycles. The molecule has 0 aliphatic rings. The molecule has 3 rings (SSSR count). The van der Waals surface area contributed by atoms with Crippen molar-refractivity contribution in [3.63, 3.8) is 0 Å². The number of thiophene rings is 1. The first-order valence-electron chi connectivity index (χ1n) is 8.73. The number of carbonyl (C=O) groups excluding carboxylic acids is 2. The molecule has 2 amide bonds. The Bertz CT molecular complexity index is 863. The predicted molar refractivity (Wildman–Crippen MR) is 109 cm³/mol. The second-order valence-corrected chi connectivity index (χ2v) is 7.80. The zero-order valence-electron chi connectivity index (χ0n) is 14.7. The molecular weight excluding hydrogens is 380 g/mol. The van der Waals surface area contributed by atoms with E-state index in [0.29, 0.717) is 23.7 Å². The predicted octanol–water partition coefficient (Wildman–Crippen LogP) is 4.20. The Morgan fingerprint density at radius 1 is 0.963 bits per heavy atom. The molecule has 3 aromatic rings. The molecule has 2 aromatic heterocycles. The monoisotopic (exact) mass is 400 g/mol. The summed E-state index contributed by atoms with van der Waals surface area (Å²) >= 11 is 2.97. The average Bonchev–Trinajstić information content (AvgIpc) is 3.36. The van der Waals surface area contributed by atoms with Crippen molar-refractivity contribution in [3.05, 3.63) is 53.4 Å². The van der Waals surface area contributed by atoms with E-state index in [-0.39, 0.29) is 11.8 Å². The molecule has 140 valence electrons. The van der Waals surface area contributed by atoms with Gasteiger partial charge < -0.3 is 10.6 Å². The number of carbonyl (C=O) groups is 2. The summed E-state index contributed by atoms with van der Waals surface area (Å²) in [4.78, 5) is 24.9. The zero-order chi connectivity index (χ0) is 18.9. The van der Waals surface area contributed by atoms with Crippen LogP contribution in [0.3, 0.4) is 0 Å². The summed E-state index contributed by atoms with van der Waals surface area (Å²) in [6, 6.07) is 13.1. The van der Waals surface area contributed by atoms with Gasteiger partial charge in [0.2, 0.25) is 11.0 Å². The van der Waals surface area contributed by atoms with Crippen molar-refractivity contribution >= 4 is 39.6 Å². The highest BCUT2D eigenvalue weighted by Crippen LogP contribution is 2.29. The van der Waals surface area contributed by atoms with E-state index in [2.05, 4.69) is 20.8 Å². The molecule has 0 atom stereocenters. The second kappa shape index (κ2) is 9.94. The van der Waals surface area contributed by atoms with Crippen LogP contribution in [0.2, 0.25) is 0 Å². The van der Waals surface area contributed by atoms with Crippen molar-refractivity contribution in [2.45, 2.75) is 25.7 Å². The van der Waals surface area contributed by atoms with Crippen molar-refractivity contribution in [1.29, 1.82) is 0 Å². The maximum Gasteiger partial charge on any atom is 0.251 e. The van der Waals surface area contributed by atoms with Gasteiger partial charge in [-0.05, 0) is 36.4 Å². The molecule has 0 fully saturated rings. The number of nitrogens with zero attached hydrogens (tertiary/aromatic N) is 2. The van der Waals surface area contributed by atoms with Crippen molar-refractivity contribution in [2.24, 2.45) is 0 Å². The number of benzene rings is 1. The van der Waals surface area contributed by atoms with Crippen LogP contribution in [-0.2, 0) is 4.79 Å². The molecular formula is C19H20N4O2S2. The molecule has 1 aromatic carbocycles. The summed E-state index contributed by atoms with van der Waals surface area (Å²) in [5.41, 5.74) is 0.663. The third kappa shape index (κ3) is 5.97. The van der Waals surface area contributed by atoms with E-state index in [9.17, 15) is 9.59 Å². The summed E-state index contributed by atoms with van der Waals surface area (Å²) in [7, 11) is 0. The van der Waals surface area contributed by atoms with Crippen LogP contribution in [0.15, 0.2) is 47.8 Å². The number of rotatable bonds is 9. The number of unbranched alkanes of at least 4 members (excludes halogenated alkanes) is 2. The molecule has 0 unspecified atom stereocenters. The van der Waals surface area contributed by atoms with Gasteiger partial charge in [0, 0.05) is 18.5 Å². The van der Waals surface area contributed by atoms with Crippen molar-refractivity contribution in [1.82, 2.24) is 15.5 Å². The van der Waals surface area contributed by atoms with E-state index < -0.39 is 0 Å². The number of hydrogen-bond acceptors (Lipinski definition) is 6. The Balaban J connectivity index is 1.29. The van der Waals surface area contributed by atoms with Gasteiger partial charge in [-0.25, -0.2) is 0 Å². The smallest absolute Gasteiger partial charge is 0.251 e. The summed E-state index contributed by atoms with van der Waals surface area (Å²) in [5, 5.41) is 17.1. The molecule has 0 saturated heterocycles. The molecule has 6 nitrogen and oxygen atoms in total. The molecule has 8 heteroatoms. The minimum Gasteiger partial charge on any atom is -0.352 e. The van der Waals surface area contributed by atoms with Crippen LogP contribution in [0.25, 0.3) is 9.88 Å². The van der Waals surface area contributed by atoms with Gasteiger partial charge in [0.15, 0.2) is 5.01 Å². The first kappa shape index (κ1) is 19.2. The van der Waals surface area contributed by atoms with E-state index in [0.717, 1.165) is 29.1 Å². The highest BCUT2D eigenvalue weighted by Gasteiger charge is 2.10. The van der Waals surface area contributed by atoms with Gasteiger partial charge in [-0.15, -0.1) is 21.5 Å². The lowest BCUT2D eigenvalue weighted by atomic mass is 10.1. The highest BCUT2D eigenvalue weighted by atomic mass is 32.1. The van der Waals surface area contributed by atoms with E-state index in [4.69, 9.17) is 0 Å². The first-order valence-corrected chi connectivity index (χ1v) is 10.4. The van der Waals surface area contributed by atoms with Crippen LogP contribution in [0.5, 0.6) is 0 Å². The van der Waals surface area contributed by atoms with Crippen LogP contribution in [0.1, 0.15) is 36.0 Å². The lowest BCUT2D eigenvalue weighted by Crippen LogP contribution is -2.24. The molecule has 27 heavy (non-hydrogen) atoms. The Kier molecular flexibility index (Phi) is 7.06. The SMILES string of the molecule is O=C(CCCCCNC(=O)c1ccccc1)Nc1nnc(-c2cccs2)s1. The molecule has 0 spiro atoms. The molecule has 0 radical (unpaired) electrons. The molecule has 2 heterocycles. The fraction of sp³-hybridized carbons (Fsp3) is 0.263. The van der Waals surface area contributed by atoms with Gasteiger partial charge in [0.1, 0.15) is 0 Å². The van der Waals surface area contributed by atoms with E-state index in [1.165, 1.54) is 11.3 Å². The van der Waals surface area contributed by atoms with Gasteiger partial charge in [0.05, 0.1) is 4.88 Å². The number of amides is 2. The van der Waals surface area contributed by atoms with Crippen LogP contribution >= 0.6 is 22.7 Å². The Labute approximate surface area is 165 Å². The third-order valence-corrected chi connectivity index (χ3v) is 5.68. The number of aromatic nitrogens is 2.